The number of hydrogen-bond acceptors (Lipinski definition) is 0. The fourth-order valence-corrected chi connectivity index (χ4v) is 7.00. The molecule has 0 heteroatoms. The molecule has 0 radical (unpaired) electrons. The van der Waals surface area contributed by atoms with E-state index < -0.39 is 0 Å². The summed E-state index contributed by atoms with van der Waals surface area (Å²) in [6.07, 6.45) is 0. The largest absolute Gasteiger partial charge is 0.0616 e. The van der Waals surface area contributed by atoms with E-state index in [-0.39, 0.29) is 16.2 Å². The van der Waals surface area contributed by atoms with Crippen LogP contribution in [0.4, 0.5) is 0 Å². The van der Waals surface area contributed by atoms with E-state index in [0.717, 1.165) is 0 Å². The molecule has 0 nitrogen and oxygen atoms in total. The maximum atomic E-state index is 2.51. The minimum atomic E-state index is -0.0625. The Hall–Kier alpha value is -3.64. The summed E-state index contributed by atoms with van der Waals surface area (Å²) in [5.41, 5.74) is 16.8. The van der Waals surface area contributed by atoms with Gasteiger partial charge in [0, 0.05) is 5.41 Å². The predicted molar refractivity (Wildman–Crippen MR) is 169 cm³/mol. The van der Waals surface area contributed by atoms with Crippen LogP contribution in [0.2, 0.25) is 0 Å². The van der Waals surface area contributed by atoms with Crippen molar-refractivity contribution >= 4 is 10.8 Å². The van der Waals surface area contributed by atoms with Crippen molar-refractivity contribution in [1.29, 1.82) is 0 Å². The highest BCUT2D eigenvalue weighted by atomic mass is 14.4. The molecule has 0 spiro atoms. The van der Waals surface area contributed by atoms with Crippen molar-refractivity contribution in [2.75, 3.05) is 0 Å². The first-order valence-electron chi connectivity index (χ1n) is 14.4. The van der Waals surface area contributed by atoms with E-state index in [4.69, 9.17) is 0 Å². The van der Waals surface area contributed by atoms with Crippen molar-refractivity contribution in [2.45, 2.75) is 71.6 Å². The van der Waals surface area contributed by atoms with Crippen LogP contribution in [0.5, 0.6) is 0 Å². The highest BCUT2D eigenvalue weighted by molar-refractivity contribution is 6.19. The molecule has 0 saturated heterocycles. The highest BCUT2D eigenvalue weighted by Crippen LogP contribution is 2.56. The van der Waals surface area contributed by atoms with Crippen LogP contribution in [0.25, 0.3) is 55.3 Å². The highest BCUT2D eigenvalue weighted by Gasteiger charge is 2.39. The molecule has 7 rings (SSSR count). The van der Waals surface area contributed by atoms with Crippen LogP contribution < -0.4 is 0 Å². The minimum Gasteiger partial charge on any atom is -0.0616 e. The average molecular weight is 507 g/mol. The van der Waals surface area contributed by atoms with E-state index in [1.54, 1.807) is 0 Å². The number of rotatable bonds is 1. The van der Waals surface area contributed by atoms with Crippen molar-refractivity contribution < 1.29 is 0 Å². The fraction of sp³-hybridized carbons (Fsp3) is 0.282. The predicted octanol–water partition coefficient (Wildman–Crippen LogP) is 11.1. The van der Waals surface area contributed by atoms with Gasteiger partial charge in [-0.1, -0.05) is 134 Å². The van der Waals surface area contributed by atoms with Crippen molar-refractivity contribution in [3.63, 3.8) is 0 Å². The Balaban J connectivity index is 1.57. The fourth-order valence-electron chi connectivity index (χ4n) is 7.00. The van der Waals surface area contributed by atoms with Crippen molar-refractivity contribution in [2.24, 2.45) is 0 Å². The lowest BCUT2D eigenvalue weighted by Crippen LogP contribution is -2.19. The third-order valence-corrected chi connectivity index (χ3v) is 9.34. The summed E-state index contributed by atoms with van der Waals surface area (Å²) in [7, 11) is 0. The summed E-state index contributed by atoms with van der Waals surface area (Å²) in [5.74, 6) is 0. The second-order valence-electron chi connectivity index (χ2n) is 14.3. The number of hydrogen-bond donors (Lipinski definition) is 0. The third-order valence-electron chi connectivity index (χ3n) is 9.34. The third kappa shape index (κ3) is 3.37. The van der Waals surface area contributed by atoms with Gasteiger partial charge in [-0.2, -0.15) is 0 Å². The van der Waals surface area contributed by atoms with Gasteiger partial charge in [0.2, 0.25) is 0 Å². The molecular formula is C39H38. The monoisotopic (exact) mass is 506 g/mol. The average Bonchev–Trinajstić information content (AvgIpc) is 3.33. The van der Waals surface area contributed by atoms with Crippen LogP contribution in [0, 0.1) is 0 Å². The van der Waals surface area contributed by atoms with Crippen molar-refractivity contribution in [3.05, 3.63) is 107 Å². The Bertz CT molecular complexity index is 1800. The van der Waals surface area contributed by atoms with E-state index >= 15 is 0 Å². The quantitative estimate of drug-likeness (QED) is 0.208. The summed E-state index contributed by atoms with van der Waals surface area (Å²) in [6, 6.07) is 32.7. The first-order chi connectivity index (χ1) is 18.4. The van der Waals surface area contributed by atoms with Gasteiger partial charge < -0.3 is 0 Å². The van der Waals surface area contributed by atoms with Gasteiger partial charge >= 0.3 is 0 Å². The van der Waals surface area contributed by atoms with Crippen LogP contribution in [0.1, 0.15) is 77.6 Å². The molecule has 0 fully saturated rings. The van der Waals surface area contributed by atoms with Gasteiger partial charge in [-0.3, -0.25) is 0 Å². The lowest BCUT2D eigenvalue weighted by Gasteiger charge is -2.27. The summed E-state index contributed by atoms with van der Waals surface area (Å²) < 4.78 is 0. The molecule has 0 bridgehead atoms. The van der Waals surface area contributed by atoms with Crippen molar-refractivity contribution in [1.82, 2.24) is 0 Å². The molecule has 5 aromatic carbocycles. The molecule has 2 aliphatic rings. The summed E-state index contributed by atoms with van der Waals surface area (Å²) in [4.78, 5) is 0. The van der Waals surface area contributed by atoms with Gasteiger partial charge in [0.25, 0.3) is 0 Å². The summed E-state index contributed by atoms with van der Waals surface area (Å²) >= 11 is 0. The lowest BCUT2D eigenvalue weighted by atomic mass is 9.76. The minimum absolute atomic E-state index is 0.0519. The Morgan fingerprint density at radius 1 is 0.462 bits per heavy atom. The first-order valence-corrected chi connectivity index (χ1v) is 14.4. The first kappa shape index (κ1) is 24.4. The molecule has 0 heterocycles. The lowest BCUT2D eigenvalue weighted by molar-refractivity contribution is 0.580. The van der Waals surface area contributed by atoms with Gasteiger partial charge in [-0.05, 0) is 94.4 Å². The zero-order valence-electron chi connectivity index (χ0n) is 24.6. The van der Waals surface area contributed by atoms with E-state index in [1.807, 2.05) is 0 Å². The standard InChI is InChI=1S/C39H38/c1-37(2,3)23-16-17-31-33(21-23)39(7,8)34-22-24(38(4,5)6)20-32(36(31)34)27-18-19-30-26-13-10-9-12-25(26)28-14-11-15-29(27)35(28)30/h9-22H,1-8H3. The molecule has 0 atom stereocenters. The second-order valence-corrected chi connectivity index (χ2v) is 14.3. The molecule has 0 amide bonds. The van der Waals surface area contributed by atoms with E-state index in [9.17, 15) is 0 Å². The summed E-state index contributed by atoms with van der Waals surface area (Å²) in [5, 5.41) is 2.75. The Morgan fingerprint density at radius 3 is 1.69 bits per heavy atom. The molecule has 0 aromatic heterocycles. The molecule has 194 valence electrons. The Labute approximate surface area is 233 Å². The molecule has 0 saturated carbocycles. The van der Waals surface area contributed by atoms with Gasteiger partial charge in [0.15, 0.2) is 0 Å². The maximum absolute atomic E-state index is 2.51. The zero-order valence-corrected chi connectivity index (χ0v) is 24.6. The molecule has 0 N–H and O–H groups in total. The van der Waals surface area contributed by atoms with Crippen LogP contribution in [0.15, 0.2) is 84.9 Å². The van der Waals surface area contributed by atoms with Crippen LogP contribution in [-0.2, 0) is 16.2 Å². The number of fused-ring (bicyclic) bond motifs is 6. The molecule has 0 aliphatic heterocycles. The second kappa shape index (κ2) is 7.72. The molecule has 5 aromatic rings. The molecule has 0 unspecified atom stereocenters. The van der Waals surface area contributed by atoms with E-state index in [1.165, 1.54) is 77.5 Å². The van der Waals surface area contributed by atoms with Gasteiger partial charge in [-0.15, -0.1) is 0 Å². The Morgan fingerprint density at radius 2 is 1.03 bits per heavy atom. The van der Waals surface area contributed by atoms with Gasteiger partial charge in [-0.25, -0.2) is 0 Å². The van der Waals surface area contributed by atoms with Gasteiger partial charge in [0.1, 0.15) is 0 Å². The molecular weight excluding hydrogens is 468 g/mol. The van der Waals surface area contributed by atoms with Crippen molar-refractivity contribution in [3.8, 4) is 44.5 Å². The smallest absolute Gasteiger partial charge is 0.0159 e. The zero-order chi connectivity index (χ0) is 27.5. The Kier molecular flexibility index (Phi) is 4.83. The van der Waals surface area contributed by atoms with Crippen LogP contribution in [-0.4, -0.2) is 0 Å². The normalized spacial score (nSPS) is 14.9. The number of benzene rings is 5. The van der Waals surface area contributed by atoms with Crippen LogP contribution in [0.3, 0.4) is 0 Å². The van der Waals surface area contributed by atoms with E-state index in [0.29, 0.717) is 0 Å². The SMILES string of the molecule is CC(C)(C)c1ccc2c(c1)C(C)(C)c1cc(C(C)(C)C)cc(-c3ccc4c5c(cccc35)-c3ccccc3-4)c1-2. The van der Waals surface area contributed by atoms with Crippen LogP contribution >= 0.6 is 0 Å². The molecule has 39 heavy (non-hydrogen) atoms. The van der Waals surface area contributed by atoms with E-state index in [2.05, 4.69) is 140 Å². The topological polar surface area (TPSA) is 0 Å². The molecule has 2 aliphatic carbocycles. The maximum Gasteiger partial charge on any atom is 0.0159 e. The summed E-state index contributed by atoms with van der Waals surface area (Å²) in [6.45, 7) is 18.8. The van der Waals surface area contributed by atoms with Gasteiger partial charge in [0.05, 0.1) is 0 Å².